The van der Waals surface area contributed by atoms with Gasteiger partial charge in [-0.1, -0.05) is 11.6 Å². The largest absolute Gasteiger partial charge is 0.341 e. The van der Waals surface area contributed by atoms with Crippen LogP contribution in [0.25, 0.3) is 0 Å². The number of nitrogens with zero attached hydrogens (tertiary/aromatic N) is 4. The fourth-order valence-corrected chi connectivity index (χ4v) is 2.28. The Morgan fingerprint density at radius 3 is 2.78 bits per heavy atom. The van der Waals surface area contributed by atoms with Gasteiger partial charge in [0.05, 0.1) is 17.3 Å². The maximum Gasteiger partial charge on any atom is 0.247 e. The number of hydrogen-bond acceptors (Lipinski definition) is 3. The Balaban J connectivity index is 1.98. The van der Waals surface area contributed by atoms with E-state index in [1.54, 1.807) is 15.8 Å². The van der Waals surface area contributed by atoms with Crippen LogP contribution < -0.4 is 0 Å². The van der Waals surface area contributed by atoms with Gasteiger partial charge in [0.25, 0.3) is 0 Å². The van der Waals surface area contributed by atoms with Crippen LogP contribution in [0.1, 0.15) is 25.8 Å². The van der Waals surface area contributed by atoms with Gasteiger partial charge < -0.3 is 4.90 Å². The van der Waals surface area contributed by atoms with E-state index in [9.17, 15) is 4.79 Å². The van der Waals surface area contributed by atoms with E-state index < -0.39 is 0 Å². The molecule has 0 spiro atoms. The van der Waals surface area contributed by atoms with E-state index in [4.69, 9.17) is 16.9 Å². The van der Waals surface area contributed by atoms with Crippen LogP contribution in [0, 0.1) is 17.2 Å². The Bertz CT molecular complexity index is 471. The Morgan fingerprint density at radius 1 is 1.61 bits per heavy atom. The second-order valence-corrected chi connectivity index (χ2v) is 4.98. The minimum Gasteiger partial charge on any atom is -0.341 e. The maximum absolute atomic E-state index is 12.2. The number of carbonyl (C=O) groups is 1. The second kappa shape index (κ2) is 5.40. The standard InChI is InChI=1S/C12H15ClN4O/c1-9(17-8-11(13)7-15-17)12(18)16-4-2-10(6-14)3-5-16/h7-10H,2-5H2,1H3. The van der Waals surface area contributed by atoms with Gasteiger partial charge in [0.15, 0.2) is 0 Å². The molecular weight excluding hydrogens is 252 g/mol. The van der Waals surface area contributed by atoms with Crippen LogP contribution in [0.3, 0.4) is 0 Å². The van der Waals surface area contributed by atoms with Crippen molar-refractivity contribution in [3.05, 3.63) is 17.4 Å². The number of halogens is 1. The lowest BCUT2D eigenvalue weighted by atomic mass is 9.98. The van der Waals surface area contributed by atoms with E-state index >= 15 is 0 Å². The fraction of sp³-hybridized carbons (Fsp3) is 0.583. The Hall–Kier alpha value is -1.54. The van der Waals surface area contributed by atoms with Crippen molar-refractivity contribution in [1.82, 2.24) is 14.7 Å². The van der Waals surface area contributed by atoms with E-state index in [0.29, 0.717) is 18.1 Å². The van der Waals surface area contributed by atoms with Crippen molar-refractivity contribution in [3.63, 3.8) is 0 Å². The van der Waals surface area contributed by atoms with Crippen LogP contribution in [0.2, 0.25) is 5.02 Å². The van der Waals surface area contributed by atoms with Gasteiger partial charge in [0.2, 0.25) is 5.91 Å². The minimum absolute atomic E-state index is 0.0335. The van der Waals surface area contributed by atoms with Gasteiger partial charge in [0, 0.05) is 25.2 Å². The summed E-state index contributed by atoms with van der Waals surface area (Å²) >= 11 is 5.79. The molecule has 1 fully saturated rings. The lowest BCUT2D eigenvalue weighted by molar-refractivity contribution is -0.135. The molecule has 1 atom stereocenters. The molecule has 1 saturated heterocycles. The first-order valence-corrected chi connectivity index (χ1v) is 6.37. The van der Waals surface area contributed by atoms with Crippen LogP contribution in [-0.2, 0) is 4.79 Å². The molecule has 6 heteroatoms. The Morgan fingerprint density at radius 2 is 2.28 bits per heavy atom. The van der Waals surface area contributed by atoms with Crippen molar-refractivity contribution in [1.29, 1.82) is 5.26 Å². The minimum atomic E-state index is -0.351. The average molecular weight is 267 g/mol. The molecule has 1 aliphatic heterocycles. The number of amides is 1. The third kappa shape index (κ3) is 2.65. The van der Waals surface area contributed by atoms with Crippen LogP contribution in [-0.4, -0.2) is 33.7 Å². The summed E-state index contributed by atoms with van der Waals surface area (Å²) in [6, 6.07) is 1.90. The highest BCUT2D eigenvalue weighted by atomic mass is 35.5. The summed E-state index contributed by atoms with van der Waals surface area (Å²) in [6.45, 7) is 3.11. The SMILES string of the molecule is CC(C(=O)N1CCC(C#N)CC1)n1cc(Cl)cn1. The van der Waals surface area contributed by atoms with Crippen molar-refractivity contribution < 1.29 is 4.79 Å². The lowest BCUT2D eigenvalue weighted by Gasteiger charge is -2.31. The first-order valence-electron chi connectivity index (χ1n) is 6.00. The quantitative estimate of drug-likeness (QED) is 0.821. The molecule has 1 amide bonds. The molecule has 1 aromatic rings. The summed E-state index contributed by atoms with van der Waals surface area (Å²) < 4.78 is 1.57. The van der Waals surface area contributed by atoms with Crippen molar-refractivity contribution in [2.45, 2.75) is 25.8 Å². The normalized spacial score (nSPS) is 18.4. The maximum atomic E-state index is 12.2. The van der Waals surface area contributed by atoms with E-state index in [2.05, 4.69) is 11.2 Å². The number of nitriles is 1. The topological polar surface area (TPSA) is 61.9 Å². The number of likely N-dealkylation sites (tertiary alicyclic amines) is 1. The Labute approximate surface area is 111 Å². The number of rotatable bonds is 2. The molecule has 0 bridgehead atoms. The summed E-state index contributed by atoms with van der Waals surface area (Å²) in [4.78, 5) is 14.0. The van der Waals surface area contributed by atoms with Crippen LogP contribution >= 0.6 is 11.6 Å². The zero-order valence-corrected chi connectivity index (χ0v) is 11.0. The summed E-state index contributed by atoms with van der Waals surface area (Å²) in [7, 11) is 0. The first-order chi connectivity index (χ1) is 8.61. The summed E-state index contributed by atoms with van der Waals surface area (Å²) in [5.74, 6) is 0.120. The van der Waals surface area contributed by atoms with Gasteiger partial charge in [-0.3, -0.25) is 9.48 Å². The van der Waals surface area contributed by atoms with Crippen molar-refractivity contribution >= 4 is 17.5 Å². The first kappa shape index (κ1) is 12.9. The van der Waals surface area contributed by atoms with Gasteiger partial charge in [-0.25, -0.2) is 0 Å². The van der Waals surface area contributed by atoms with Gasteiger partial charge in [-0.15, -0.1) is 0 Å². The molecule has 1 aliphatic rings. The highest BCUT2D eigenvalue weighted by Crippen LogP contribution is 2.20. The predicted octanol–water partition coefficient (Wildman–Crippen LogP) is 1.86. The molecule has 96 valence electrons. The predicted molar refractivity (Wildman–Crippen MR) is 66.9 cm³/mol. The number of carbonyl (C=O) groups excluding carboxylic acids is 1. The Kier molecular flexibility index (Phi) is 3.87. The van der Waals surface area contributed by atoms with Crippen molar-refractivity contribution in [3.8, 4) is 6.07 Å². The molecule has 0 aromatic carbocycles. The van der Waals surface area contributed by atoms with E-state index in [0.717, 1.165) is 12.8 Å². The average Bonchev–Trinajstić information content (AvgIpc) is 2.84. The molecule has 0 radical (unpaired) electrons. The van der Waals surface area contributed by atoms with Gasteiger partial charge in [-0.2, -0.15) is 10.4 Å². The van der Waals surface area contributed by atoms with E-state index in [-0.39, 0.29) is 17.9 Å². The fourth-order valence-electron chi connectivity index (χ4n) is 2.13. The molecule has 0 aliphatic carbocycles. The molecule has 5 nitrogen and oxygen atoms in total. The van der Waals surface area contributed by atoms with Crippen LogP contribution in [0.4, 0.5) is 0 Å². The highest BCUT2D eigenvalue weighted by Gasteiger charge is 2.26. The molecule has 2 heterocycles. The molecule has 18 heavy (non-hydrogen) atoms. The number of hydrogen-bond donors (Lipinski definition) is 0. The molecule has 2 rings (SSSR count). The molecule has 0 saturated carbocycles. The number of piperidine rings is 1. The smallest absolute Gasteiger partial charge is 0.247 e. The van der Waals surface area contributed by atoms with E-state index in [1.165, 1.54) is 6.20 Å². The van der Waals surface area contributed by atoms with Gasteiger partial charge >= 0.3 is 0 Å². The third-order valence-electron chi connectivity index (χ3n) is 3.31. The van der Waals surface area contributed by atoms with E-state index in [1.807, 2.05) is 6.92 Å². The van der Waals surface area contributed by atoms with Gasteiger partial charge in [-0.05, 0) is 19.8 Å². The molecule has 1 aromatic heterocycles. The van der Waals surface area contributed by atoms with Crippen molar-refractivity contribution in [2.24, 2.45) is 5.92 Å². The molecular formula is C12H15ClN4O. The van der Waals surface area contributed by atoms with Crippen LogP contribution in [0.5, 0.6) is 0 Å². The molecule has 1 unspecified atom stereocenters. The zero-order chi connectivity index (χ0) is 13.1. The van der Waals surface area contributed by atoms with Crippen LogP contribution in [0.15, 0.2) is 12.4 Å². The monoisotopic (exact) mass is 266 g/mol. The van der Waals surface area contributed by atoms with Gasteiger partial charge in [0.1, 0.15) is 6.04 Å². The lowest BCUT2D eigenvalue weighted by Crippen LogP contribution is -2.41. The second-order valence-electron chi connectivity index (χ2n) is 4.54. The van der Waals surface area contributed by atoms with Crippen molar-refractivity contribution in [2.75, 3.05) is 13.1 Å². The summed E-state index contributed by atoms with van der Waals surface area (Å²) in [5, 5.41) is 13.4. The zero-order valence-electron chi connectivity index (χ0n) is 10.2. The summed E-state index contributed by atoms with van der Waals surface area (Å²) in [5.41, 5.74) is 0. The molecule has 0 N–H and O–H groups in total. The summed E-state index contributed by atoms with van der Waals surface area (Å²) in [6.07, 6.45) is 4.68. The highest BCUT2D eigenvalue weighted by molar-refractivity contribution is 6.30. The third-order valence-corrected chi connectivity index (χ3v) is 3.51. The number of aromatic nitrogens is 2.